The quantitative estimate of drug-likeness (QED) is 0.308. The molecule has 3 aromatic carbocycles. The number of hydrogen-bond donors (Lipinski definition) is 0. The van der Waals surface area contributed by atoms with Gasteiger partial charge >= 0.3 is 5.97 Å². The van der Waals surface area contributed by atoms with Crippen molar-refractivity contribution in [2.45, 2.75) is 19.6 Å². The molecule has 0 radical (unpaired) electrons. The Hall–Kier alpha value is -3.32. The maximum absolute atomic E-state index is 13.2. The molecule has 7 heteroatoms. The highest BCUT2D eigenvalue weighted by Crippen LogP contribution is 2.17. The van der Waals surface area contributed by atoms with Gasteiger partial charge in [0.25, 0.3) is 0 Å². The number of ketones is 1. The number of benzene rings is 3. The van der Waals surface area contributed by atoms with Crippen LogP contribution in [0.5, 0.6) is 0 Å². The maximum atomic E-state index is 13.2. The van der Waals surface area contributed by atoms with Gasteiger partial charge in [-0.15, -0.1) is 5.10 Å². The van der Waals surface area contributed by atoms with Crippen molar-refractivity contribution < 1.29 is 14.3 Å². The molecule has 1 unspecified atom stereocenters. The SMILES string of the molecule is Cc1ccc(C(=O)OC(Cn2nnc3ccccc32)C(=O)c2ccc(Br)cc2)cc1. The summed E-state index contributed by atoms with van der Waals surface area (Å²) >= 11 is 3.36. The first-order valence-corrected chi connectivity index (χ1v) is 10.2. The molecular formula is C23H18BrN3O3. The van der Waals surface area contributed by atoms with Crippen LogP contribution >= 0.6 is 15.9 Å². The first-order chi connectivity index (χ1) is 14.5. The highest BCUT2D eigenvalue weighted by molar-refractivity contribution is 9.10. The van der Waals surface area contributed by atoms with Crippen molar-refractivity contribution >= 4 is 38.7 Å². The lowest BCUT2D eigenvalue weighted by Crippen LogP contribution is -2.32. The third-order valence-corrected chi connectivity index (χ3v) is 5.25. The molecule has 0 N–H and O–H groups in total. The van der Waals surface area contributed by atoms with E-state index in [2.05, 4.69) is 26.2 Å². The second-order valence-corrected chi connectivity index (χ2v) is 7.81. The van der Waals surface area contributed by atoms with Crippen molar-refractivity contribution in [3.8, 4) is 0 Å². The van der Waals surface area contributed by atoms with E-state index in [1.54, 1.807) is 41.1 Å². The fourth-order valence-corrected chi connectivity index (χ4v) is 3.33. The molecule has 4 rings (SSSR count). The molecule has 0 bridgehead atoms. The number of rotatable bonds is 6. The predicted molar refractivity (Wildman–Crippen MR) is 116 cm³/mol. The molecule has 1 aromatic heterocycles. The number of halogens is 1. The number of carbonyl (C=O) groups is 2. The van der Waals surface area contributed by atoms with E-state index in [4.69, 9.17) is 4.74 Å². The number of esters is 1. The second-order valence-electron chi connectivity index (χ2n) is 6.89. The van der Waals surface area contributed by atoms with Gasteiger partial charge in [0.1, 0.15) is 5.52 Å². The average molecular weight is 464 g/mol. The number of para-hydroxylation sites is 1. The number of hydrogen-bond acceptors (Lipinski definition) is 5. The number of nitrogens with zero attached hydrogens (tertiary/aromatic N) is 3. The molecule has 0 spiro atoms. The Labute approximate surface area is 181 Å². The first kappa shape index (κ1) is 20.0. The molecule has 0 saturated heterocycles. The number of aryl methyl sites for hydroxylation is 1. The van der Waals surface area contributed by atoms with Crippen LogP contribution in [0.25, 0.3) is 11.0 Å². The summed E-state index contributed by atoms with van der Waals surface area (Å²) in [4.78, 5) is 25.9. The molecule has 0 aliphatic rings. The highest BCUT2D eigenvalue weighted by atomic mass is 79.9. The molecule has 0 aliphatic carbocycles. The lowest BCUT2D eigenvalue weighted by Gasteiger charge is -2.17. The van der Waals surface area contributed by atoms with E-state index >= 15 is 0 Å². The zero-order valence-corrected chi connectivity index (χ0v) is 17.7. The monoisotopic (exact) mass is 463 g/mol. The van der Waals surface area contributed by atoms with E-state index in [9.17, 15) is 9.59 Å². The topological polar surface area (TPSA) is 74.1 Å². The number of fused-ring (bicyclic) bond motifs is 1. The van der Waals surface area contributed by atoms with Gasteiger partial charge in [0, 0.05) is 10.0 Å². The van der Waals surface area contributed by atoms with E-state index in [1.807, 2.05) is 43.3 Å². The molecular weight excluding hydrogens is 446 g/mol. The van der Waals surface area contributed by atoms with Crippen molar-refractivity contribution in [2.24, 2.45) is 0 Å². The molecule has 1 atom stereocenters. The number of aromatic nitrogens is 3. The lowest BCUT2D eigenvalue weighted by molar-refractivity contribution is 0.0245. The number of ether oxygens (including phenoxy) is 1. The van der Waals surface area contributed by atoms with Gasteiger partial charge in [-0.25, -0.2) is 9.48 Å². The van der Waals surface area contributed by atoms with Crippen molar-refractivity contribution in [3.05, 3.63) is 94.0 Å². The highest BCUT2D eigenvalue weighted by Gasteiger charge is 2.27. The molecule has 4 aromatic rings. The van der Waals surface area contributed by atoms with Gasteiger partial charge in [-0.05, 0) is 43.3 Å². The average Bonchev–Trinajstić information content (AvgIpc) is 3.16. The van der Waals surface area contributed by atoms with E-state index in [-0.39, 0.29) is 12.3 Å². The zero-order valence-electron chi connectivity index (χ0n) is 16.2. The molecule has 0 fully saturated rings. The summed E-state index contributed by atoms with van der Waals surface area (Å²) in [5.74, 6) is -0.863. The third-order valence-electron chi connectivity index (χ3n) is 4.72. The number of carbonyl (C=O) groups excluding carboxylic acids is 2. The zero-order chi connectivity index (χ0) is 21.1. The molecule has 30 heavy (non-hydrogen) atoms. The van der Waals surface area contributed by atoms with Crippen molar-refractivity contribution in [2.75, 3.05) is 0 Å². The minimum Gasteiger partial charge on any atom is -0.448 e. The van der Waals surface area contributed by atoms with Gasteiger partial charge in [-0.1, -0.05) is 63.1 Å². The van der Waals surface area contributed by atoms with Gasteiger partial charge in [0.05, 0.1) is 17.6 Å². The molecule has 150 valence electrons. The van der Waals surface area contributed by atoms with Crippen molar-refractivity contribution in [3.63, 3.8) is 0 Å². The largest absolute Gasteiger partial charge is 0.448 e. The van der Waals surface area contributed by atoms with Crippen LogP contribution in [-0.2, 0) is 11.3 Å². The summed E-state index contributed by atoms with van der Waals surface area (Å²) in [6.07, 6.45) is -1.05. The summed E-state index contributed by atoms with van der Waals surface area (Å²) in [6, 6.07) is 21.4. The van der Waals surface area contributed by atoms with Crippen LogP contribution in [0.3, 0.4) is 0 Å². The van der Waals surface area contributed by atoms with Crippen molar-refractivity contribution in [1.29, 1.82) is 0 Å². The summed E-state index contributed by atoms with van der Waals surface area (Å²) in [5.41, 5.74) is 3.33. The third kappa shape index (κ3) is 4.31. The molecule has 0 amide bonds. The van der Waals surface area contributed by atoms with Crippen molar-refractivity contribution in [1.82, 2.24) is 15.0 Å². The number of Topliss-reactive ketones (excluding diaryl/α,β-unsaturated/α-hetero) is 1. The first-order valence-electron chi connectivity index (χ1n) is 9.37. The fraction of sp³-hybridized carbons (Fsp3) is 0.130. The summed E-state index contributed by atoms with van der Waals surface area (Å²) in [5, 5.41) is 8.25. The van der Waals surface area contributed by atoms with Gasteiger partial charge in [-0.3, -0.25) is 4.79 Å². The maximum Gasteiger partial charge on any atom is 0.338 e. The Morgan fingerprint density at radius 3 is 2.37 bits per heavy atom. The van der Waals surface area contributed by atoms with Crippen LogP contribution in [-0.4, -0.2) is 32.9 Å². The minimum atomic E-state index is -1.05. The summed E-state index contributed by atoms with van der Waals surface area (Å²) in [6.45, 7) is 2.00. The van der Waals surface area contributed by atoms with Crippen LogP contribution < -0.4 is 0 Å². The summed E-state index contributed by atoms with van der Waals surface area (Å²) in [7, 11) is 0. The molecule has 0 saturated carbocycles. The van der Waals surface area contributed by atoms with Crippen LogP contribution in [0.15, 0.2) is 77.3 Å². The Balaban J connectivity index is 1.64. The standard InChI is InChI=1S/C23H18BrN3O3/c1-15-6-8-17(9-7-15)23(29)30-21(22(28)16-10-12-18(24)13-11-16)14-27-20-5-3-2-4-19(20)25-26-27/h2-13,21H,14H2,1H3. The van der Waals surface area contributed by atoms with Gasteiger partial charge in [0.2, 0.25) is 5.78 Å². The molecule has 1 heterocycles. The van der Waals surface area contributed by atoms with E-state index in [0.717, 1.165) is 15.6 Å². The lowest BCUT2D eigenvalue weighted by atomic mass is 10.1. The molecule has 6 nitrogen and oxygen atoms in total. The Morgan fingerprint density at radius 2 is 1.63 bits per heavy atom. The van der Waals surface area contributed by atoms with Crippen LogP contribution in [0, 0.1) is 6.92 Å². The van der Waals surface area contributed by atoms with Crippen LogP contribution in [0.1, 0.15) is 26.3 Å². The summed E-state index contributed by atoms with van der Waals surface area (Å²) < 4.78 is 8.09. The van der Waals surface area contributed by atoms with Gasteiger partial charge < -0.3 is 4.74 Å². The normalized spacial score (nSPS) is 11.9. The van der Waals surface area contributed by atoms with Crippen LogP contribution in [0.2, 0.25) is 0 Å². The fourth-order valence-electron chi connectivity index (χ4n) is 3.07. The van der Waals surface area contributed by atoms with E-state index < -0.39 is 12.1 Å². The second kappa shape index (κ2) is 8.59. The van der Waals surface area contributed by atoms with Gasteiger partial charge in [0.15, 0.2) is 6.10 Å². The Bertz CT molecular complexity index is 1200. The Morgan fingerprint density at radius 1 is 0.967 bits per heavy atom. The van der Waals surface area contributed by atoms with E-state index in [1.165, 1.54) is 0 Å². The van der Waals surface area contributed by atoms with Gasteiger partial charge in [-0.2, -0.15) is 0 Å². The smallest absolute Gasteiger partial charge is 0.338 e. The molecule has 0 aliphatic heterocycles. The van der Waals surface area contributed by atoms with Crippen LogP contribution in [0.4, 0.5) is 0 Å². The van der Waals surface area contributed by atoms with E-state index in [0.29, 0.717) is 16.6 Å². The minimum absolute atomic E-state index is 0.0625. The Kier molecular flexibility index (Phi) is 5.72. The predicted octanol–water partition coefficient (Wildman–Crippen LogP) is 4.61.